The number of benzene rings is 2. The summed E-state index contributed by atoms with van der Waals surface area (Å²) in [5.74, 6) is 0.800. The first-order chi connectivity index (χ1) is 15.0. The molecule has 2 atom stereocenters. The van der Waals surface area contributed by atoms with E-state index >= 15 is 0 Å². The quantitative estimate of drug-likeness (QED) is 0.606. The van der Waals surface area contributed by atoms with E-state index in [-0.39, 0.29) is 24.8 Å². The van der Waals surface area contributed by atoms with Crippen LogP contribution in [0.15, 0.2) is 42.5 Å². The van der Waals surface area contributed by atoms with Crippen molar-refractivity contribution < 1.29 is 23.8 Å². The summed E-state index contributed by atoms with van der Waals surface area (Å²) in [5.41, 5.74) is 0.980. The van der Waals surface area contributed by atoms with Crippen molar-refractivity contribution in [3.05, 3.63) is 59.4 Å². The number of hydrogen-bond acceptors (Lipinski definition) is 5. The number of amides is 1. The Morgan fingerprint density at radius 2 is 1.84 bits per heavy atom. The van der Waals surface area contributed by atoms with E-state index in [4.69, 9.17) is 9.47 Å². The fourth-order valence-electron chi connectivity index (χ4n) is 3.71. The number of nitrogens with one attached hydrogen (secondary N) is 1. The van der Waals surface area contributed by atoms with Gasteiger partial charge < -0.3 is 24.8 Å². The van der Waals surface area contributed by atoms with Gasteiger partial charge in [-0.15, -0.1) is 0 Å². The number of likely N-dealkylation sites (tertiary alicyclic amines) is 1. The zero-order valence-electron chi connectivity index (χ0n) is 18.1. The lowest BCUT2D eigenvalue weighted by Crippen LogP contribution is -2.47. The molecule has 1 heterocycles. The Labute approximate surface area is 183 Å². The Morgan fingerprint density at radius 3 is 2.48 bits per heavy atom. The molecule has 0 aromatic heterocycles. The zero-order chi connectivity index (χ0) is 22.2. The predicted octanol–water partition coefficient (Wildman–Crippen LogP) is 3.23. The molecule has 168 valence electrons. The molecule has 0 saturated carbocycles. The Morgan fingerprint density at radius 1 is 1.16 bits per heavy atom. The average Bonchev–Trinajstić information content (AvgIpc) is 3.28. The second kappa shape index (κ2) is 11.1. The third-order valence-electron chi connectivity index (χ3n) is 5.58. The van der Waals surface area contributed by atoms with Crippen LogP contribution >= 0.6 is 0 Å². The summed E-state index contributed by atoms with van der Waals surface area (Å²) < 4.78 is 24.8. The third-order valence-corrected chi connectivity index (χ3v) is 5.58. The molecule has 0 bridgehead atoms. The lowest BCUT2D eigenvalue weighted by molar-refractivity contribution is -0.123. The van der Waals surface area contributed by atoms with Crippen LogP contribution in [0.1, 0.15) is 36.5 Å². The van der Waals surface area contributed by atoms with Gasteiger partial charge in [-0.05, 0) is 74.3 Å². The van der Waals surface area contributed by atoms with Crippen molar-refractivity contribution in [3.8, 4) is 11.5 Å². The number of ether oxygens (including phenoxy) is 2. The molecule has 31 heavy (non-hydrogen) atoms. The highest BCUT2D eigenvalue weighted by atomic mass is 19.1. The summed E-state index contributed by atoms with van der Waals surface area (Å²) in [7, 11) is 1.60. The number of hydrogen-bond donors (Lipinski definition) is 2. The molecule has 7 heteroatoms. The second-order valence-electron chi connectivity index (χ2n) is 7.91. The van der Waals surface area contributed by atoms with Gasteiger partial charge >= 0.3 is 0 Å². The number of aryl methyl sites for hydroxylation is 1. The predicted molar refractivity (Wildman–Crippen MR) is 117 cm³/mol. The minimum atomic E-state index is -0.998. The van der Waals surface area contributed by atoms with Crippen LogP contribution in [0.4, 0.5) is 4.39 Å². The first kappa shape index (κ1) is 23.0. The van der Waals surface area contributed by atoms with Crippen LogP contribution in [0.5, 0.6) is 11.5 Å². The molecule has 6 nitrogen and oxygen atoms in total. The lowest BCUT2D eigenvalue weighted by atomic mass is 10.00. The van der Waals surface area contributed by atoms with Gasteiger partial charge in [-0.1, -0.05) is 12.1 Å². The Hall–Kier alpha value is -2.64. The van der Waals surface area contributed by atoms with Gasteiger partial charge in [0.25, 0.3) is 0 Å². The van der Waals surface area contributed by atoms with Crippen molar-refractivity contribution in [2.24, 2.45) is 0 Å². The van der Waals surface area contributed by atoms with Crippen LogP contribution in [-0.4, -0.2) is 55.3 Å². The maximum absolute atomic E-state index is 14.0. The summed E-state index contributed by atoms with van der Waals surface area (Å²) >= 11 is 0. The van der Waals surface area contributed by atoms with Gasteiger partial charge in [0.15, 0.2) is 0 Å². The average molecular weight is 431 g/mol. The number of carbonyl (C=O) groups excluding carboxylic acids is 1. The number of aliphatic hydroxyl groups excluding tert-OH is 1. The summed E-state index contributed by atoms with van der Waals surface area (Å²) in [6.45, 7) is 4.27. The second-order valence-corrected chi connectivity index (χ2v) is 7.91. The highest BCUT2D eigenvalue weighted by Gasteiger charge is 2.27. The maximum atomic E-state index is 14.0. The molecule has 3 rings (SSSR count). The van der Waals surface area contributed by atoms with Crippen LogP contribution in [-0.2, 0) is 4.79 Å². The largest absolute Gasteiger partial charge is 0.497 e. The molecular formula is C24H31FN2O4. The molecule has 0 unspecified atom stereocenters. The number of halogens is 1. The Bertz CT molecular complexity index is 853. The SMILES string of the molecule is COc1ccc(OCCC(=O)N[C@H](CN2CCCC2)[C@H](O)c2ccc(C)c(F)c2)cc1. The van der Waals surface area contributed by atoms with Gasteiger partial charge in [0.05, 0.1) is 26.2 Å². The van der Waals surface area contributed by atoms with Crippen molar-refractivity contribution in [2.75, 3.05) is 33.4 Å². The van der Waals surface area contributed by atoms with E-state index in [9.17, 15) is 14.3 Å². The van der Waals surface area contributed by atoms with Gasteiger partial charge in [0.1, 0.15) is 23.4 Å². The van der Waals surface area contributed by atoms with Crippen molar-refractivity contribution in [2.45, 2.75) is 38.3 Å². The van der Waals surface area contributed by atoms with Gasteiger partial charge in [-0.25, -0.2) is 4.39 Å². The topological polar surface area (TPSA) is 71.0 Å². The van der Waals surface area contributed by atoms with E-state index in [0.717, 1.165) is 31.7 Å². The molecule has 1 amide bonds. The van der Waals surface area contributed by atoms with Crippen LogP contribution in [0.2, 0.25) is 0 Å². The number of rotatable bonds is 10. The van der Waals surface area contributed by atoms with E-state index in [1.807, 2.05) is 0 Å². The normalized spacial score (nSPS) is 16.0. The molecule has 1 aliphatic heterocycles. The van der Waals surface area contributed by atoms with Gasteiger partial charge in [0.2, 0.25) is 5.91 Å². The summed E-state index contributed by atoms with van der Waals surface area (Å²) in [5, 5.41) is 13.8. The van der Waals surface area contributed by atoms with Gasteiger partial charge in [-0.3, -0.25) is 4.79 Å². The van der Waals surface area contributed by atoms with Crippen LogP contribution in [0.3, 0.4) is 0 Å². The first-order valence-electron chi connectivity index (χ1n) is 10.7. The summed E-state index contributed by atoms with van der Waals surface area (Å²) in [4.78, 5) is 14.8. The fourth-order valence-corrected chi connectivity index (χ4v) is 3.71. The first-order valence-corrected chi connectivity index (χ1v) is 10.7. The van der Waals surface area contributed by atoms with Crippen LogP contribution < -0.4 is 14.8 Å². The van der Waals surface area contributed by atoms with E-state index in [1.54, 1.807) is 50.4 Å². The molecule has 0 aliphatic carbocycles. The van der Waals surface area contributed by atoms with E-state index < -0.39 is 12.1 Å². The summed E-state index contributed by atoms with van der Waals surface area (Å²) in [6.07, 6.45) is 1.36. The zero-order valence-corrected chi connectivity index (χ0v) is 18.1. The van der Waals surface area contributed by atoms with Crippen LogP contribution in [0.25, 0.3) is 0 Å². The van der Waals surface area contributed by atoms with Gasteiger partial charge in [-0.2, -0.15) is 0 Å². The third kappa shape index (κ3) is 6.67. The number of nitrogens with zero attached hydrogens (tertiary/aromatic N) is 1. The van der Waals surface area contributed by atoms with Crippen LogP contribution in [0, 0.1) is 12.7 Å². The van der Waals surface area contributed by atoms with Gasteiger partial charge in [0, 0.05) is 6.54 Å². The van der Waals surface area contributed by atoms with Crippen molar-refractivity contribution in [3.63, 3.8) is 0 Å². The minimum Gasteiger partial charge on any atom is -0.497 e. The maximum Gasteiger partial charge on any atom is 0.223 e. The van der Waals surface area contributed by atoms with E-state index in [2.05, 4.69) is 10.2 Å². The summed E-state index contributed by atoms with van der Waals surface area (Å²) in [6, 6.07) is 11.3. The molecule has 0 spiro atoms. The molecule has 1 aliphatic rings. The molecule has 0 radical (unpaired) electrons. The van der Waals surface area contributed by atoms with E-state index in [0.29, 0.717) is 23.4 Å². The number of carbonyl (C=O) groups is 1. The molecule has 1 fully saturated rings. The highest BCUT2D eigenvalue weighted by Crippen LogP contribution is 2.22. The minimum absolute atomic E-state index is 0.150. The lowest BCUT2D eigenvalue weighted by Gasteiger charge is -2.29. The Kier molecular flexibility index (Phi) is 8.26. The Balaban J connectivity index is 1.58. The smallest absolute Gasteiger partial charge is 0.223 e. The fraction of sp³-hybridized carbons (Fsp3) is 0.458. The molecule has 1 saturated heterocycles. The molecule has 2 aromatic carbocycles. The number of aliphatic hydroxyl groups is 1. The van der Waals surface area contributed by atoms with Crippen molar-refractivity contribution >= 4 is 5.91 Å². The standard InChI is InChI=1S/C24H31FN2O4/c1-17-5-6-18(15-21(17)25)24(29)22(16-27-12-3-4-13-27)26-23(28)11-14-31-20-9-7-19(30-2)8-10-20/h5-10,15,22,24,29H,3-4,11-14,16H2,1-2H3,(H,26,28)/t22-,24-/m1/s1. The number of methoxy groups -OCH3 is 1. The monoisotopic (exact) mass is 430 g/mol. The van der Waals surface area contributed by atoms with Crippen molar-refractivity contribution in [1.82, 2.24) is 10.2 Å². The molecule has 2 N–H and O–H groups in total. The highest BCUT2D eigenvalue weighted by molar-refractivity contribution is 5.76. The molecule has 2 aromatic rings. The van der Waals surface area contributed by atoms with Crippen molar-refractivity contribution in [1.29, 1.82) is 0 Å². The molecular weight excluding hydrogens is 399 g/mol. The van der Waals surface area contributed by atoms with E-state index in [1.165, 1.54) is 6.07 Å².